The zero-order valence-corrected chi connectivity index (χ0v) is 25.0. The molecule has 1 aliphatic heterocycles. The fraction of sp³-hybridized carbons (Fsp3) is 0. The Morgan fingerprint density at radius 1 is 0.435 bits per heavy atom. The van der Waals surface area contributed by atoms with E-state index in [1.54, 1.807) is 0 Å². The van der Waals surface area contributed by atoms with E-state index in [1.807, 2.05) is 24.3 Å². The molecule has 0 saturated carbocycles. The van der Waals surface area contributed by atoms with Gasteiger partial charge in [-0.05, 0) is 59.7 Å². The highest BCUT2D eigenvalue weighted by molar-refractivity contribution is 6.08. The maximum absolute atomic E-state index is 6.54. The van der Waals surface area contributed by atoms with Crippen LogP contribution in [0.3, 0.4) is 0 Å². The van der Waals surface area contributed by atoms with Crippen LogP contribution in [0.1, 0.15) is 0 Å². The summed E-state index contributed by atoms with van der Waals surface area (Å²) in [6.07, 6.45) is 0. The van der Waals surface area contributed by atoms with Crippen molar-refractivity contribution in [3.05, 3.63) is 170 Å². The van der Waals surface area contributed by atoms with Crippen molar-refractivity contribution in [1.29, 1.82) is 0 Å². The number of benzene rings is 6. The third kappa shape index (κ3) is 4.33. The molecule has 0 aliphatic carbocycles. The van der Waals surface area contributed by atoms with E-state index in [0.29, 0.717) is 0 Å². The highest BCUT2D eigenvalue weighted by Crippen LogP contribution is 2.51. The number of ether oxygens (including phenoxy) is 1. The van der Waals surface area contributed by atoms with Gasteiger partial charge in [0.1, 0.15) is 11.5 Å². The van der Waals surface area contributed by atoms with Crippen molar-refractivity contribution in [2.45, 2.75) is 0 Å². The summed E-state index contributed by atoms with van der Waals surface area (Å²) >= 11 is 0. The van der Waals surface area contributed by atoms with Gasteiger partial charge in [0, 0.05) is 38.9 Å². The zero-order valence-electron chi connectivity index (χ0n) is 25.0. The Labute approximate surface area is 267 Å². The molecular formula is C43H28N2O. The second-order valence-electron chi connectivity index (χ2n) is 11.6. The van der Waals surface area contributed by atoms with Crippen LogP contribution in [-0.4, -0.2) is 9.55 Å². The molecule has 3 heterocycles. The summed E-state index contributed by atoms with van der Waals surface area (Å²) in [4.78, 5) is 5.07. The molecule has 1 aliphatic rings. The molecule has 216 valence electrons. The topological polar surface area (TPSA) is 27.1 Å². The molecule has 0 radical (unpaired) electrons. The van der Waals surface area contributed by atoms with E-state index in [4.69, 9.17) is 9.72 Å². The molecule has 0 saturated heterocycles. The Balaban J connectivity index is 1.24. The Hall–Kier alpha value is -6.19. The van der Waals surface area contributed by atoms with Crippen LogP contribution in [0.4, 0.5) is 0 Å². The Bertz CT molecular complexity index is 2310. The smallest absolute Gasteiger partial charge is 0.136 e. The lowest BCUT2D eigenvalue weighted by Crippen LogP contribution is -1.98. The van der Waals surface area contributed by atoms with Gasteiger partial charge in [0.2, 0.25) is 0 Å². The molecule has 0 amide bonds. The first-order valence-electron chi connectivity index (χ1n) is 15.6. The van der Waals surface area contributed by atoms with Crippen molar-refractivity contribution in [2.75, 3.05) is 0 Å². The molecule has 2 aromatic heterocycles. The lowest BCUT2D eigenvalue weighted by molar-refractivity contribution is 0.487. The van der Waals surface area contributed by atoms with Gasteiger partial charge in [0.25, 0.3) is 0 Å². The summed E-state index contributed by atoms with van der Waals surface area (Å²) in [7, 11) is 0. The van der Waals surface area contributed by atoms with Crippen LogP contribution in [0.2, 0.25) is 0 Å². The van der Waals surface area contributed by atoms with Crippen molar-refractivity contribution in [1.82, 2.24) is 9.55 Å². The summed E-state index contributed by atoms with van der Waals surface area (Å²) < 4.78 is 8.92. The monoisotopic (exact) mass is 588 g/mol. The first kappa shape index (κ1) is 26.2. The van der Waals surface area contributed by atoms with Crippen LogP contribution in [0.15, 0.2) is 170 Å². The van der Waals surface area contributed by atoms with Crippen molar-refractivity contribution in [3.8, 4) is 73.2 Å². The highest BCUT2D eigenvalue weighted by Gasteiger charge is 2.28. The molecule has 0 unspecified atom stereocenters. The Morgan fingerprint density at radius 3 is 1.65 bits per heavy atom. The molecule has 9 rings (SSSR count). The SMILES string of the molecule is c1ccc(-c2cc(-c3ccc(-n4c5c(c6ccccc64)-c4ccccc4Oc4ccccc4-5)cc3)cc(-c3ccccc3)n2)cc1. The maximum atomic E-state index is 6.54. The number of hydrogen-bond donors (Lipinski definition) is 0. The standard InChI is InChI=1S/C43H28N2O/c1-3-13-30(14-4-1)37-27-32(28-38(44-37)31-15-5-2-6-16-31)29-23-25-33(26-24-29)45-39-20-10-7-17-34(39)42-35-18-8-11-21-40(35)46-41-22-12-9-19-36(41)43(42)45/h1-28H. The lowest BCUT2D eigenvalue weighted by Gasteiger charge is -2.15. The van der Waals surface area contributed by atoms with Crippen LogP contribution >= 0.6 is 0 Å². The Kier molecular flexibility index (Phi) is 6.14. The number of aromatic nitrogens is 2. The van der Waals surface area contributed by atoms with Gasteiger partial charge in [-0.2, -0.15) is 0 Å². The fourth-order valence-electron chi connectivity index (χ4n) is 6.68. The van der Waals surface area contributed by atoms with Crippen molar-refractivity contribution in [3.63, 3.8) is 0 Å². The van der Waals surface area contributed by atoms with Gasteiger partial charge in [-0.1, -0.05) is 121 Å². The average molecular weight is 589 g/mol. The van der Waals surface area contributed by atoms with Gasteiger partial charge < -0.3 is 9.30 Å². The van der Waals surface area contributed by atoms with E-state index < -0.39 is 0 Å². The van der Waals surface area contributed by atoms with Gasteiger partial charge in [-0.25, -0.2) is 4.98 Å². The van der Waals surface area contributed by atoms with Crippen molar-refractivity contribution in [2.24, 2.45) is 0 Å². The third-order valence-electron chi connectivity index (χ3n) is 8.82. The van der Waals surface area contributed by atoms with E-state index in [1.165, 1.54) is 10.9 Å². The number of rotatable bonds is 4. The summed E-state index contributed by atoms with van der Waals surface area (Å²) in [6.45, 7) is 0. The maximum Gasteiger partial charge on any atom is 0.136 e. The number of fused-ring (bicyclic) bond motifs is 7. The number of para-hydroxylation sites is 3. The highest BCUT2D eigenvalue weighted by atomic mass is 16.5. The minimum atomic E-state index is 0.855. The van der Waals surface area contributed by atoms with E-state index in [-0.39, 0.29) is 0 Å². The quantitative estimate of drug-likeness (QED) is 0.204. The lowest BCUT2D eigenvalue weighted by atomic mass is 9.98. The third-order valence-corrected chi connectivity index (χ3v) is 8.82. The van der Waals surface area contributed by atoms with Gasteiger partial charge in [-0.15, -0.1) is 0 Å². The summed E-state index contributed by atoms with van der Waals surface area (Å²) in [6, 6.07) is 59.5. The first-order valence-corrected chi connectivity index (χ1v) is 15.6. The minimum absolute atomic E-state index is 0.855. The zero-order chi connectivity index (χ0) is 30.5. The number of nitrogens with zero attached hydrogens (tertiary/aromatic N) is 2. The van der Waals surface area contributed by atoms with Crippen molar-refractivity contribution < 1.29 is 4.74 Å². The van der Waals surface area contributed by atoms with E-state index in [0.717, 1.165) is 73.2 Å². The van der Waals surface area contributed by atoms with Crippen LogP contribution in [-0.2, 0) is 0 Å². The van der Waals surface area contributed by atoms with Gasteiger partial charge in [0.15, 0.2) is 0 Å². The average Bonchev–Trinajstić information content (AvgIpc) is 3.40. The molecule has 6 aromatic carbocycles. The fourth-order valence-corrected chi connectivity index (χ4v) is 6.68. The van der Waals surface area contributed by atoms with Gasteiger partial charge in [-0.3, -0.25) is 0 Å². The molecule has 0 spiro atoms. The van der Waals surface area contributed by atoms with Crippen LogP contribution in [0, 0.1) is 0 Å². The largest absolute Gasteiger partial charge is 0.456 e. The van der Waals surface area contributed by atoms with E-state index in [9.17, 15) is 0 Å². The molecular weight excluding hydrogens is 560 g/mol. The number of hydrogen-bond acceptors (Lipinski definition) is 2. The second kappa shape index (κ2) is 10.8. The van der Waals surface area contributed by atoms with E-state index in [2.05, 4.69) is 150 Å². The molecule has 46 heavy (non-hydrogen) atoms. The van der Waals surface area contributed by atoms with Crippen LogP contribution in [0.25, 0.3) is 72.6 Å². The molecule has 0 N–H and O–H groups in total. The molecule has 0 atom stereocenters. The predicted molar refractivity (Wildman–Crippen MR) is 188 cm³/mol. The molecule has 0 bridgehead atoms. The minimum Gasteiger partial charge on any atom is -0.456 e. The van der Waals surface area contributed by atoms with Crippen LogP contribution in [0.5, 0.6) is 11.5 Å². The first-order chi connectivity index (χ1) is 22.8. The molecule has 8 aromatic rings. The summed E-state index contributed by atoms with van der Waals surface area (Å²) in [5.74, 6) is 1.72. The van der Waals surface area contributed by atoms with Gasteiger partial charge in [0.05, 0.1) is 22.6 Å². The van der Waals surface area contributed by atoms with Crippen molar-refractivity contribution >= 4 is 10.9 Å². The molecule has 0 fully saturated rings. The molecule has 3 nitrogen and oxygen atoms in total. The predicted octanol–water partition coefficient (Wildman–Crippen LogP) is 11.5. The number of pyridine rings is 1. The van der Waals surface area contributed by atoms with Crippen LogP contribution < -0.4 is 4.74 Å². The summed E-state index contributed by atoms with van der Waals surface area (Å²) in [5.41, 5.74) is 13.1. The van der Waals surface area contributed by atoms with Gasteiger partial charge >= 0.3 is 0 Å². The normalized spacial score (nSPS) is 11.7. The van der Waals surface area contributed by atoms with E-state index >= 15 is 0 Å². The summed E-state index contributed by atoms with van der Waals surface area (Å²) in [5, 5.41) is 1.20. The molecule has 3 heteroatoms. The Morgan fingerprint density at radius 2 is 0.978 bits per heavy atom. The second-order valence-corrected chi connectivity index (χ2v) is 11.6.